The van der Waals surface area contributed by atoms with Gasteiger partial charge in [-0.25, -0.2) is 0 Å². The number of carbonyl (C=O) groups excluding carboxylic acids is 1. The van der Waals surface area contributed by atoms with E-state index in [1.165, 1.54) is 11.8 Å². The Kier molecular flexibility index (Phi) is 3.35. The third kappa shape index (κ3) is 3.74. The number of allylic oxidation sites excluding steroid dienone is 1. The van der Waals surface area contributed by atoms with Crippen molar-refractivity contribution in [2.45, 2.75) is 6.42 Å². The van der Waals surface area contributed by atoms with Crippen molar-refractivity contribution in [2.75, 3.05) is 6.26 Å². The molecule has 0 heterocycles. The van der Waals surface area contributed by atoms with Gasteiger partial charge in [0.25, 0.3) is 0 Å². The first-order valence-corrected chi connectivity index (χ1v) is 3.39. The van der Waals surface area contributed by atoms with E-state index in [0.717, 1.165) is 0 Å². The van der Waals surface area contributed by atoms with Crippen LogP contribution in [0.2, 0.25) is 0 Å². The maximum atomic E-state index is 10.4. The second-order valence-electron chi connectivity index (χ2n) is 1.41. The molecule has 0 aromatic rings. The fourth-order valence-corrected chi connectivity index (χ4v) is 0.587. The van der Waals surface area contributed by atoms with Crippen LogP contribution in [0.3, 0.4) is 0 Å². The van der Waals surface area contributed by atoms with Crippen molar-refractivity contribution in [1.29, 1.82) is 0 Å². The molecular weight excluding hydrogens is 122 g/mol. The summed E-state index contributed by atoms with van der Waals surface area (Å²) in [7, 11) is 0. The molecule has 0 bridgehead atoms. The van der Waals surface area contributed by atoms with E-state index in [4.69, 9.17) is 5.73 Å². The molecule has 0 rings (SSSR count). The zero-order valence-electron chi connectivity index (χ0n) is 4.81. The second-order valence-corrected chi connectivity index (χ2v) is 2.27. The Morgan fingerprint density at radius 1 is 1.88 bits per heavy atom. The summed E-state index contributed by atoms with van der Waals surface area (Å²) in [5, 5.41) is 0.0671. The Balaban J connectivity index is 3.40. The second kappa shape index (κ2) is 3.55. The normalized spacial score (nSPS) is 8.62. The van der Waals surface area contributed by atoms with Crippen molar-refractivity contribution in [2.24, 2.45) is 5.73 Å². The van der Waals surface area contributed by atoms with Crippen LogP contribution in [-0.2, 0) is 4.79 Å². The lowest BCUT2D eigenvalue weighted by Gasteiger charge is -1.92. The molecule has 3 heteroatoms. The van der Waals surface area contributed by atoms with Gasteiger partial charge in [0.05, 0.1) is 6.42 Å². The summed E-state index contributed by atoms with van der Waals surface area (Å²) in [6.45, 7) is 3.39. The van der Waals surface area contributed by atoms with Crippen molar-refractivity contribution in [3.05, 3.63) is 12.3 Å². The zero-order chi connectivity index (χ0) is 6.57. The first kappa shape index (κ1) is 7.56. The molecule has 2 nitrogen and oxygen atoms in total. The molecule has 0 unspecified atom stereocenters. The van der Waals surface area contributed by atoms with Crippen LogP contribution in [0.4, 0.5) is 0 Å². The minimum atomic E-state index is 0.0671. The zero-order valence-corrected chi connectivity index (χ0v) is 5.62. The third-order valence-electron chi connectivity index (χ3n) is 0.599. The molecule has 0 amide bonds. The van der Waals surface area contributed by atoms with Gasteiger partial charge in [-0.1, -0.05) is 18.3 Å². The predicted octanol–water partition coefficient (Wildman–Crippen LogP) is 0.739. The van der Waals surface area contributed by atoms with Crippen molar-refractivity contribution < 1.29 is 4.79 Å². The molecule has 0 saturated carbocycles. The maximum Gasteiger partial charge on any atom is 0.194 e. The van der Waals surface area contributed by atoms with Crippen molar-refractivity contribution in [3.63, 3.8) is 0 Å². The third-order valence-corrected chi connectivity index (χ3v) is 1.20. The van der Waals surface area contributed by atoms with Crippen molar-refractivity contribution in [3.8, 4) is 0 Å². The molecule has 0 aliphatic rings. The van der Waals surface area contributed by atoms with E-state index in [1.807, 2.05) is 0 Å². The summed E-state index contributed by atoms with van der Waals surface area (Å²) in [6, 6.07) is 0. The largest absolute Gasteiger partial charge is 0.402 e. The number of thioether (sulfide) groups is 1. The molecule has 2 N–H and O–H groups in total. The average molecular weight is 131 g/mol. The van der Waals surface area contributed by atoms with Crippen LogP contribution in [0.5, 0.6) is 0 Å². The molecule has 0 radical (unpaired) electrons. The molecule has 0 aliphatic heterocycles. The number of nitrogens with two attached hydrogens (primary N) is 1. The number of carbonyl (C=O) groups is 1. The Hall–Kier alpha value is -0.440. The Morgan fingerprint density at radius 3 is 2.50 bits per heavy atom. The van der Waals surface area contributed by atoms with Crippen LogP contribution in [-0.4, -0.2) is 11.4 Å². The van der Waals surface area contributed by atoms with Crippen molar-refractivity contribution in [1.82, 2.24) is 0 Å². The van der Waals surface area contributed by atoms with Crippen molar-refractivity contribution >= 4 is 16.9 Å². The number of hydrogen-bond acceptors (Lipinski definition) is 3. The summed E-state index contributed by atoms with van der Waals surface area (Å²) >= 11 is 1.17. The van der Waals surface area contributed by atoms with Gasteiger partial charge >= 0.3 is 0 Å². The fraction of sp³-hybridized carbons (Fsp3) is 0.400. The van der Waals surface area contributed by atoms with E-state index < -0.39 is 0 Å². The maximum absolute atomic E-state index is 10.4. The Labute approximate surface area is 53.1 Å². The summed E-state index contributed by atoms with van der Waals surface area (Å²) in [6.07, 6.45) is 2.02. The summed E-state index contributed by atoms with van der Waals surface area (Å²) in [5.41, 5.74) is 5.57. The highest BCUT2D eigenvalue weighted by Crippen LogP contribution is 2.01. The van der Waals surface area contributed by atoms with Gasteiger partial charge in [-0.15, -0.1) is 0 Å². The molecule has 0 atom stereocenters. The average Bonchev–Trinajstić information content (AvgIpc) is 1.65. The van der Waals surface area contributed by atoms with Gasteiger partial charge in [0.2, 0.25) is 0 Å². The van der Waals surface area contributed by atoms with Crippen LogP contribution < -0.4 is 5.73 Å². The molecule has 0 aromatic heterocycles. The summed E-state index contributed by atoms with van der Waals surface area (Å²) < 4.78 is 0. The van der Waals surface area contributed by atoms with E-state index in [0.29, 0.717) is 12.1 Å². The van der Waals surface area contributed by atoms with E-state index in [2.05, 4.69) is 6.58 Å². The topological polar surface area (TPSA) is 43.1 Å². The van der Waals surface area contributed by atoms with E-state index in [1.54, 1.807) is 6.26 Å². The number of rotatable bonds is 2. The molecule has 0 spiro atoms. The van der Waals surface area contributed by atoms with Gasteiger partial charge in [0.1, 0.15) is 0 Å². The first-order valence-electron chi connectivity index (χ1n) is 2.17. The lowest BCUT2D eigenvalue weighted by atomic mass is 10.4. The Bertz CT molecular complexity index is 111. The lowest BCUT2D eigenvalue weighted by Crippen LogP contribution is -2.00. The van der Waals surface area contributed by atoms with E-state index in [-0.39, 0.29) is 5.12 Å². The summed E-state index contributed by atoms with van der Waals surface area (Å²) in [5.74, 6) is 0. The van der Waals surface area contributed by atoms with Gasteiger partial charge in [0.15, 0.2) is 5.12 Å². The van der Waals surface area contributed by atoms with Gasteiger partial charge in [-0.05, 0) is 6.26 Å². The number of hydrogen-bond donors (Lipinski definition) is 1. The van der Waals surface area contributed by atoms with Crippen LogP contribution in [0.1, 0.15) is 6.42 Å². The van der Waals surface area contributed by atoms with Gasteiger partial charge < -0.3 is 5.73 Å². The van der Waals surface area contributed by atoms with Crippen LogP contribution >= 0.6 is 11.8 Å². The predicted molar refractivity (Wildman–Crippen MR) is 36.5 cm³/mol. The summed E-state index contributed by atoms with van der Waals surface area (Å²) in [4.78, 5) is 10.4. The monoisotopic (exact) mass is 131 g/mol. The smallest absolute Gasteiger partial charge is 0.194 e. The van der Waals surface area contributed by atoms with E-state index >= 15 is 0 Å². The fourth-order valence-electron chi connectivity index (χ4n) is 0.258. The first-order chi connectivity index (χ1) is 3.66. The Morgan fingerprint density at radius 2 is 2.38 bits per heavy atom. The SMILES string of the molecule is C=C(N)CC(=O)SC. The van der Waals surface area contributed by atoms with E-state index in [9.17, 15) is 4.79 Å². The standard InChI is InChI=1S/C5H9NOS/c1-4(6)3-5(7)8-2/h1,3,6H2,2H3. The molecule has 0 aliphatic carbocycles. The minimum Gasteiger partial charge on any atom is -0.402 e. The quantitative estimate of drug-likeness (QED) is 0.601. The van der Waals surface area contributed by atoms with Gasteiger partial charge in [-0.3, -0.25) is 4.79 Å². The molecule has 0 aromatic carbocycles. The highest BCUT2D eigenvalue weighted by molar-refractivity contribution is 8.13. The minimum absolute atomic E-state index is 0.0671. The molecule has 8 heavy (non-hydrogen) atoms. The molecular formula is C5H9NOS. The molecule has 0 fully saturated rings. The van der Waals surface area contributed by atoms with Crippen LogP contribution in [0.15, 0.2) is 12.3 Å². The van der Waals surface area contributed by atoms with Gasteiger partial charge in [0, 0.05) is 5.70 Å². The highest BCUT2D eigenvalue weighted by Gasteiger charge is 1.96. The van der Waals surface area contributed by atoms with Gasteiger partial charge in [-0.2, -0.15) is 0 Å². The molecule has 0 saturated heterocycles. The molecule has 46 valence electrons. The highest BCUT2D eigenvalue weighted by atomic mass is 32.2. The van der Waals surface area contributed by atoms with Crippen LogP contribution in [0.25, 0.3) is 0 Å². The van der Waals surface area contributed by atoms with Crippen LogP contribution in [0, 0.1) is 0 Å². The lowest BCUT2D eigenvalue weighted by molar-refractivity contribution is -0.110.